The third-order valence-corrected chi connectivity index (χ3v) is 3.64. The van der Waals surface area contributed by atoms with E-state index in [0.717, 1.165) is 0 Å². The lowest BCUT2D eigenvalue weighted by Crippen LogP contribution is -2.09. The van der Waals surface area contributed by atoms with E-state index in [-0.39, 0.29) is 22.3 Å². The molecule has 0 radical (unpaired) electrons. The summed E-state index contributed by atoms with van der Waals surface area (Å²) < 4.78 is 36.8. The first-order valence-corrected chi connectivity index (χ1v) is 6.92. The Morgan fingerprint density at radius 1 is 1.00 bits per heavy atom. The normalized spacial score (nSPS) is 11.3. The molecular formula is C14H11F3N2O2S. The van der Waals surface area contributed by atoms with E-state index in [1.54, 1.807) is 36.2 Å². The standard InChI is InChI=1S/C14H11F3N2O2S/c1-18(10-2-4-12(5-3-10)19(20)21)11-6-8-13(9-7-11)22-14(15,16)17/h2-9H,1H3. The Hall–Kier alpha value is -2.22. The quantitative estimate of drug-likeness (QED) is 0.451. The van der Waals surface area contributed by atoms with Gasteiger partial charge in [-0.1, -0.05) is 0 Å². The van der Waals surface area contributed by atoms with Crippen molar-refractivity contribution in [2.75, 3.05) is 11.9 Å². The maximum Gasteiger partial charge on any atom is 0.446 e. The van der Waals surface area contributed by atoms with Gasteiger partial charge < -0.3 is 4.90 Å². The number of non-ortho nitro benzene ring substituents is 1. The van der Waals surface area contributed by atoms with Gasteiger partial charge in [-0.15, -0.1) is 0 Å². The van der Waals surface area contributed by atoms with Gasteiger partial charge in [-0.3, -0.25) is 10.1 Å². The fourth-order valence-corrected chi connectivity index (χ4v) is 2.36. The van der Waals surface area contributed by atoms with E-state index in [0.29, 0.717) is 11.4 Å². The van der Waals surface area contributed by atoms with E-state index in [1.807, 2.05) is 0 Å². The van der Waals surface area contributed by atoms with Crippen molar-refractivity contribution in [2.45, 2.75) is 10.4 Å². The topological polar surface area (TPSA) is 46.4 Å². The first kappa shape index (κ1) is 16.2. The van der Waals surface area contributed by atoms with Crippen LogP contribution in [0.3, 0.4) is 0 Å². The molecule has 8 heteroatoms. The molecule has 0 spiro atoms. The first-order chi connectivity index (χ1) is 10.3. The number of halogens is 3. The van der Waals surface area contributed by atoms with Crippen LogP contribution < -0.4 is 4.90 Å². The van der Waals surface area contributed by atoms with Crippen LogP contribution in [0.25, 0.3) is 0 Å². The molecule has 0 saturated carbocycles. The van der Waals surface area contributed by atoms with Crippen LogP contribution in [-0.4, -0.2) is 17.5 Å². The highest BCUT2D eigenvalue weighted by Crippen LogP contribution is 2.37. The fourth-order valence-electron chi connectivity index (χ4n) is 1.82. The van der Waals surface area contributed by atoms with Gasteiger partial charge >= 0.3 is 5.51 Å². The van der Waals surface area contributed by atoms with Gasteiger partial charge in [0, 0.05) is 35.5 Å². The molecule has 22 heavy (non-hydrogen) atoms. The zero-order chi connectivity index (χ0) is 16.3. The molecule has 0 saturated heterocycles. The van der Waals surface area contributed by atoms with Crippen molar-refractivity contribution in [3.63, 3.8) is 0 Å². The predicted octanol–water partition coefficient (Wildman–Crippen LogP) is 4.97. The zero-order valence-corrected chi connectivity index (χ0v) is 12.2. The van der Waals surface area contributed by atoms with Crippen molar-refractivity contribution in [2.24, 2.45) is 0 Å². The lowest BCUT2D eigenvalue weighted by Gasteiger charge is -2.19. The van der Waals surface area contributed by atoms with Crippen LogP contribution in [0.15, 0.2) is 53.4 Å². The smallest absolute Gasteiger partial charge is 0.345 e. The Balaban J connectivity index is 2.15. The molecule has 2 aromatic carbocycles. The van der Waals surface area contributed by atoms with E-state index in [9.17, 15) is 23.3 Å². The Morgan fingerprint density at radius 3 is 1.86 bits per heavy atom. The second-order valence-corrected chi connectivity index (χ2v) is 5.51. The lowest BCUT2D eigenvalue weighted by molar-refractivity contribution is -0.384. The van der Waals surface area contributed by atoms with Crippen molar-refractivity contribution in [1.29, 1.82) is 0 Å². The Bertz CT molecular complexity index is 657. The van der Waals surface area contributed by atoms with Gasteiger partial charge in [0.15, 0.2) is 0 Å². The molecule has 0 heterocycles. The van der Waals surface area contributed by atoms with Crippen LogP contribution in [0.4, 0.5) is 30.2 Å². The van der Waals surface area contributed by atoms with Gasteiger partial charge in [-0.25, -0.2) is 0 Å². The van der Waals surface area contributed by atoms with Gasteiger partial charge in [0.05, 0.1) is 4.92 Å². The van der Waals surface area contributed by atoms with Crippen LogP contribution in [0.1, 0.15) is 0 Å². The Kier molecular flexibility index (Phi) is 4.60. The summed E-state index contributed by atoms with van der Waals surface area (Å²) >= 11 is -0.171. The molecule has 0 aliphatic rings. The van der Waals surface area contributed by atoms with E-state index < -0.39 is 10.4 Å². The average molecular weight is 328 g/mol. The van der Waals surface area contributed by atoms with Crippen molar-refractivity contribution in [1.82, 2.24) is 0 Å². The highest BCUT2D eigenvalue weighted by molar-refractivity contribution is 8.00. The Labute approximate surface area is 128 Å². The molecule has 0 amide bonds. The number of nitrogens with zero attached hydrogens (tertiary/aromatic N) is 2. The van der Waals surface area contributed by atoms with Crippen LogP contribution in [0.2, 0.25) is 0 Å². The summed E-state index contributed by atoms with van der Waals surface area (Å²) in [6.07, 6.45) is 0. The largest absolute Gasteiger partial charge is 0.446 e. The van der Waals surface area contributed by atoms with E-state index >= 15 is 0 Å². The minimum atomic E-state index is -4.31. The highest BCUT2D eigenvalue weighted by Gasteiger charge is 2.29. The molecule has 4 nitrogen and oxygen atoms in total. The van der Waals surface area contributed by atoms with Gasteiger partial charge in [0.1, 0.15) is 0 Å². The number of hydrogen-bond acceptors (Lipinski definition) is 4. The Morgan fingerprint density at radius 2 is 1.45 bits per heavy atom. The molecule has 0 N–H and O–H groups in total. The fraction of sp³-hybridized carbons (Fsp3) is 0.143. The average Bonchev–Trinajstić information content (AvgIpc) is 2.46. The third kappa shape index (κ3) is 4.14. The SMILES string of the molecule is CN(c1ccc(SC(F)(F)F)cc1)c1ccc([N+](=O)[O-])cc1. The number of alkyl halides is 3. The van der Waals surface area contributed by atoms with Crippen molar-refractivity contribution < 1.29 is 18.1 Å². The van der Waals surface area contributed by atoms with Gasteiger partial charge in [-0.05, 0) is 48.2 Å². The minimum Gasteiger partial charge on any atom is -0.345 e. The van der Waals surface area contributed by atoms with Crippen LogP contribution in [0, 0.1) is 10.1 Å². The van der Waals surface area contributed by atoms with Gasteiger partial charge in [0.2, 0.25) is 0 Å². The summed E-state index contributed by atoms with van der Waals surface area (Å²) in [5.41, 5.74) is -2.96. The molecule has 0 bridgehead atoms. The number of nitro groups is 1. The molecule has 0 atom stereocenters. The molecule has 0 unspecified atom stereocenters. The van der Waals surface area contributed by atoms with Gasteiger partial charge in [0.25, 0.3) is 5.69 Å². The number of benzene rings is 2. The molecule has 2 aromatic rings. The first-order valence-electron chi connectivity index (χ1n) is 6.10. The second-order valence-electron chi connectivity index (χ2n) is 4.37. The van der Waals surface area contributed by atoms with E-state index in [2.05, 4.69) is 0 Å². The predicted molar refractivity (Wildman–Crippen MR) is 79.5 cm³/mol. The number of anilines is 2. The van der Waals surface area contributed by atoms with Crippen molar-refractivity contribution >= 4 is 28.8 Å². The number of hydrogen-bond donors (Lipinski definition) is 0. The molecule has 0 aliphatic carbocycles. The second kappa shape index (κ2) is 6.27. The summed E-state index contributed by atoms with van der Waals surface area (Å²) in [5, 5.41) is 10.6. The number of thioether (sulfide) groups is 1. The van der Waals surface area contributed by atoms with Crippen LogP contribution in [0.5, 0.6) is 0 Å². The van der Waals surface area contributed by atoms with E-state index in [1.165, 1.54) is 24.3 Å². The van der Waals surface area contributed by atoms with Crippen molar-refractivity contribution in [3.8, 4) is 0 Å². The lowest BCUT2D eigenvalue weighted by atomic mass is 10.2. The minimum absolute atomic E-state index is 0.0194. The molecule has 0 aliphatic heterocycles. The number of nitro benzene ring substituents is 1. The van der Waals surface area contributed by atoms with E-state index in [4.69, 9.17) is 0 Å². The van der Waals surface area contributed by atoms with Crippen LogP contribution >= 0.6 is 11.8 Å². The maximum atomic E-state index is 12.3. The molecule has 116 valence electrons. The molecule has 0 fully saturated rings. The van der Waals surface area contributed by atoms with Gasteiger partial charge in [-0.2, -0.15) is 13.2 Å². The molecular weight excluding hydrogens is 317 g/mol. The highest BCUT2D eigenvalue weighted by atomic mass is 32.2. The van der Waals surface area contributed by atoms with Crippen LogP contribution in [-0.2, 0) is 0 Å². The molecule has 0 aromatic heterocycles. The summed E-state index contributed by atoms with van der Waals surface area (Å²) in [5.74, 6) is 0. The third-order valence-electron chi connectivity index (χ3n) is 2.91. The zero-order valence-electron chi connectivity index (χ0n) is 11.4. The maximum absolute atomic E-state index is 12.3. The number of rotatable bonds is 4. The summed E-state index contributed by atoms with van der Waals surface area (Å²) in [6, 6.07) is 11.8. The van der Waals surface area contributed by atoms with Crippen molar-refractivity contribution in [3.05, 3.63) is 58.6 Å². The summed E-state index contributed by atoms with van der Waals surface area (Å²) in [6.45, 7) is 0. The summed E-state index contributed by atoms with van der Waals surface area (Å²) in [4.78, 5) is 11.9. The monoisotopic (exact) mass is 328 g/mol. The molecule has 2 rings (SSSR count). The summed E-state index contributed by atoms with van der Waals surface area (Å²) in [7, 11) is 1.73.